The van der Waals surface area contributed by atoms with Crippen LogP contribution < -0.4 is 19.1 Å². The van der Waals surface area contributed by atoms with Crippen molar-refractivity contribution in [1.29, 1.82) is 0 Å². The third-order valence-corrected chi connectivity index (χ3v) is 7.72. The van der Waals surface area contributed by atoms with Gasteiger partial charge in [-0.05, 0) is 47.5 Å². The zero-order chi connectivity index (χ0) is 26.0. The first kappa shape index (κ1) is 22.5. The minimum Gasteiger partial charge on any atom is -0.497 e. The van der Waals surface area contributed by atoms with Crippen molar-refractivity contribution in [2.45, 2.75) is 12.1 Å². The van der Waals surface area contributed by atoms with Crippen molar-refractivity contribution in [3.05, 3.63) is 83.4 Å². The molecule has 2 saturated heterocycles. The summed E-state index contributed by atoms with van der Waals surface area (Å²) in [5, 5.41) is 6.26. The number of carbonyl (C=O) groups is 3. The van der Waals surface area contributed by atoms with Gasteiger partial charge in [-0.15, -0.1) is 0 Å². The molecule has 0 aliphatic carbocycles. The second-order valence-corrected chi connectivity index (χ2v) is 9.63. The Labute approximate surface area is 218 Å². The van der Waals surface area contributed by atoms with E-state index in [-0.39, 0.29) is 11.7 Å². The molecule has 0 aromatic heterocycles. The van der Waals surface area contributed by atoms with Crippen molar-refractivity contribution in [3.8, 4) is 17.2 Å². The third-order valence-electron chi connectivity index (χ3n) is 7.72. The number of hydrogen-bond donors (Lipinski definition) is 0. The van der Waals surface area contributed by atoms with E-state index in [1.165, 1.54) is 4.90 Å². The lowest BCUT2D eigenvalue weighted by atomic mass is 9.83. The standard InChI is InChI=1S/C29H23N3O6/c1-36-19-9-6-16(7-10-19)27(33)26-24-23(25-20-5-3-2-4-17(20)15-30-32(25)26)28(34)31(29(24)35)18-8-11-21-22(14-18)38-13-12-37-21/h2-11,14-15,23-26H,12-13H2,1H3/t23-,24+,25+,26-/m0/s1. The highest BCUT2D eigenvalue weighted by Gasteiger charge is 2.65. The van der Waals surface area contributed by atoms with E-state index in [4.69, 9.17) is 14.2 Å². The largest absolute Gasteiger partial charge is 0.497 e. The number of hydrazone groups is 1. The quantitative estimate of drug-likeness (QED) is 0.394. The average molecular weight is 510 g/mol. The summed E-state index contributed by atoms with van der Waals surface area (Å²) in [6.07, 6.45) is 1.69. The number of Topliss-reactive ketones (excluding diaryl/α,β-unsaturated/α-hetero) is 1. The fraction of sp³-hybridized carbons (Fsp3) is 0.241. The Balaban J connectivity index is 1.33. The molecule has 3 aromatic rings. The molecule has 0 N–H and O–H groups in total. The Bertz CT molecular complexity index is 1520. The number of anilines is 1. The summed E-state index contributed by atoms with van der Waals surface area (Å²) < 4.78 is 16.5. The van der Waals surface area contributed by atoms with Crippen molar-refractivity contribution < 1.29 is 28.6 Å². The Morgan fingerprint density at radius 2 is 1.66 bits per heavy atom. The summed E-state index contributed by atoms with van der Waals surface area (Å²) in [5.41, 5.74) is 2.55. The molecule has 2 amide bonds. The second-order valence-electron chi connectivity index (χ2n) is 9.63. The van der Waals surface area contributed by atoms with Gasteiger partial charge >= 0.3 is 0 Å². The van der Waals surface area contributed by atoms with Gasteiger partial charge in [-0.25, -0.2) is 4.90 Å². The number of ether oxygens (including phenoxy) is 3. The third kappa shape index (κ3) is 3.17. The van der Waals surface area contributed by atoms with Crippen molar-refractivity contribution >= 4 is 29.5 Å². The van der Waals surface area contributed by atoms with Crippen LogP contribution in [-0.4, -0.2) is 55.2 Å². The molecular weight excluding hydrogens is 486 g/mol. The molecule has 0 spiro atoms. The summed E-state index contributed by atoms with van der Waals surface area (Å²) in [6.45, 7) is 0.818. The van der Waals surface area contributed by atoms with Crippen LogP contribution in [0.3, 0.4) is 0 Å². The number of carbonyl (C=O) groups excluding carboxylic acids is 3. The summed E-state index contributed by atoms with van der Waals surface area (Å²) >= 11 is 0. The Morgan fingerprint density at radius 1 is 0.921 bits per heavy atom. The number of fused-ring (bicyclic) bond motifs is 6. The Morgan fingerprint density at radius 3 is 2.45 bits per heavy atom. The number of ketones is 1. The number of rotatable bonds is 4. The number of hydrogen-bond acceptors (Lipinski definition) is 8. The lowest BCUT2D eigenvalue weighted by Gasteiger charge is -2.34. The first-order valence-corrected chi connectivity index (χ1v) is 12.4. The predicted octanol–water partition coefficient (Wildman–Crippen LogP) is 3.23. The van der Waals surface area contributed by atoms with Crippen molar-refractivity contribution in [2.24, 2.45) is 16.9 Å². The van der Waals surface area contributed by atoms with Gasteiger partial charge in [0.1, 0.15) is 25.0 Å². The normalized spacial score (nSPS) is 24.7. The molecular formula is C29H23N3O6. The van der Waals surface area contributed by atoms with Gasteiger partial charge < -0.3 is 14.2 Å². The van der Waals surface area contributed by atoms with Crippen LogP contribution in [0, 0.1) is 11.8 Å². The maximum absolute atomic E-state index is 14.1. The number of nitrogens with zero attached hydrogens (tertiary/aromatic N) is 3. The molecule has 4 heterocycles. The maximum atomic E-state index is 14.1. The highest BCUT2D eigenvalue weighted by molar-refractivity contribution is 6.24. The molecule has 3 aromatic carbocycles. The van der Waals surface area contributed by atoms with Gasteiger partial charge in [0.25, 0.3) is 0 Å². The van der Waals surface area contributed by atoms with E-state index < -0.39 is 29.8 Å². The van der Waals surface area contributed by atoms with E-state index in [0.29, 0.717) is 41.7 Å². The van der Waals surface area contributed by atoms with Crippen molar-refractivity contribution in [3.63, 3.8) is 0 Å². The maximum Gasteiger partial charge on any atom is 0.240 e. The van der Waals surface area contributed by atoms with Crippen LogP contribution in [0.2, 0.25) is 0 Å². The molecule has 9 heteroatoms. The Hall–Kier alpha value is -4.66. The van der Waals surface area contributed by atoms with Gasteiger partial charge in [-0.2, -0.15) is 5.10 Å². The van der Waals surface area contributed by atoms with Crippen LogP contribution in [0.1, 0.15) is 27.5 Å². The first-order chi connectivity index (χ1) is 18.6. The SMILES string of the molecule is COc1ccc(C(=O)[C@@H]2[C@@H]3C(=O)N(c4ccc5c(c4)OCCO5)C(=O)[C@@H]3[C@H]3c4ccccc4C=NN23)cc1. The molecule has 0 radical (unpaired) electrons. The lowest BCUT2D eigenvalue weighted by Crippen LogP contribution is -2.44. The molecule has 7 rings (SSSR count). The average Bonchev–Trinajstić information content (AvgIpc) is 3.44. The molecule has 4 aliphatic rings. The van der Waals surface area contributed by atoms with E-state index in [1.807, 2.05) is 24.3 Å². The zero-order valence-corrected chi connectivity index (χ0v) is 20.4. The summed E-state index contributed by atoms with van der Waals surface area (Å²) in [7, 11) is 1.55. The number of imide groups is 1. The number of amides is 2. The molecule has 4 aliphatic heterocycles. The number of methoxy groups -OCH3 is 1. The van der Waals surface area contributed by atoms with E-state index in [2.05, 4.69) is 5.10 Å². The van der Waals surface area contributed by atoms with Crippen molar-refractivity contribution in [2.75, 3.05) is 25.2 Å². The minimum atomic E-state index is -0.943. The summed E-state index contributed by atoms with van der Waals surface area (Å²) in [4.78, 5) is 43.3. The van der Waals surface area contributed by atoms with Crippen LogP contribution in [0.15, 0.2) is 71.8 Å². The van der Waals surface area contributed by atoms with Gasteiger partial charge in [0.05, 0.1) is 36.9 Å². The minimum absolute atomic E-state index is 0.271. The molecule has 4 atom stereocenters. The molecule has 190 valence electrons. The first-order valence-electron chi connectivity index (χ1n) is 12.4. The van der Waals surface area contributed by atoms with Gasteiger partial charge in [0.2, 0.25) is 11.8 Å². The van der Waals surface area contributed by atoms with Gasteiger partial charge in [-0.3, -0.25) is 19.4 Å². The van der Waals surface area contributed by atoms with E-state index in [9.17, 15) is 14.4 Å². The molecule has 38 heavy (non-hydrogen) atoms. The number of benzene rings is 3. The van der Waals surface area contributed by atoms with Crippen molar-refractivity contribution in [1.82, 2.24) is 5.01 Å². The van der Waals surface area contributed by atoms with Crippen LogP contribution in [0.4, 0.5) is 5.69 Å². The van der Waals surface area contributed by atoms with E-state index in [0.717, 1.165) is 11.1 Å². The second kappa shape index (κ2) is 8.44. The fourth-order valence-corrected chi connectivity index (χ4v) is 6.02. The highest BCUT2D eigenvalue weighted by atomic mass is 16.6. The molecule has 9 nitrogen and oxygen atoms in total. The van der Waals surface area contributed by atoms with E-state index >= 15 is 0 Å². The van der Waals surface area contributed by atoms with E-state index in [1.54, 1.807) is 60.8 Å². The zero-order valence-electron chi connectivity index (χ0n) is 20.4. The topological polar surface area (TPSA) is 97.7 Å². The highest BCUT2D eigenvalue weighted by Crippen LogP contribution is 2.53. The van der Waals surface area contributed by atoms with Crippen LogP contribution in [0.5, 0.6) is 17.2 Å². The summed E-state index contributed by atoms with van der Waals surface area (Å²) in [5.74, 6) is -1.08. The smallest absolute Gasteiger partial charge is 0.240 e. The molecule has 0 saturated carbocycles. The fourth-order valence-electron chi connectivity index (χ4n) is 6.02. The molecule has 0 unspecified atom stereocenters. The lowest BCUT2D eigenvalue weighted by molar-refractivity contribution is -0.124. The predicted molar refractivity (Wildman–Crippen MR) is 137 cm³/mol. The molecule has 0 bridgehead atoms. The van der Waals surface area contributed by atoms with Crippen LogP contribution in [0.25, 0.3) is 0 Å². The van der Waals surface area contributed by atoms with Crippen LogP contribution in [-0.2, 0) is 9.59 Å². The van der Waals surface area contributed by atoms with Gasteiger partial charge in [0, 0.05) is 11.6 Å². The molecule has 2 fully saturated rings. The monoisotopic (exact) mass is 509 g/mol. The Kier molecular flexibility index (Phi) is 5.01. The van der Waals surface area contributed by atoms with Gasteiger partial charge in [-0.1, -0.05) is 24.3 Å². The van der Waals surface area contributed by atoms with Crippen LogP contribution >= 0.6 is 0 Å². The van der Waals surface area contributed by atoms with Gasteiger partial charge in [0.15, 0.2) is 17.3 Å². The summed E-state index contributed by atoms with van der Waals surface area (Å²) in [6, 6.07) is 17.9.